The number of aromatic nitrogens is 3. The van der Waals surface area contributed by atoms with Gasteiger partial charge in [0.15, 0.2) is 15.7 Å². The van der Waals surface area contributed by atoms with Crippen LogP contribution in [0.5, 0.6) is 0 Å². The zero-order valence-corrected chi connectivity index (χ0v) is 29.0. The van der Waals surface area contributed by atoms with Crippen LogP contribution in [-0.2, 0) is 26.5 Å². The van der Waals surface area contributed by atoms with Crippen LogP contribution in [0.3, 0.4) is 0 Å². The molecule has 3 aliphatic heterocycles. The van der Waals surface area contributed by atoms with E-state index >= 15 is 0 Å². The highest BCUT2D eigenvalue weighted by atomic mass is 32.2. The molecule has 4 heterocycles. The molecule has 3 N–H and O–H groups in total. The number of hydrogen-bond donors (Lipinski definition) is 2. The van der Waals surface area contributed by atoms with Crippen molar-refractivity contribution in [3.8, 4) is 11.4 Å². The summed E-state index contributed by atoms with van der Waals surface area (Å²) in [6.45, 7) is 3.24. The lowest BCUT2D eigenvalue weighted by molar-refractivity contribution is -0.132. The lowest BCUT2D eigenvalue weighted by atomic mass is 9.85. The summed E-state index contributed by atoms with van der Waals surface area (Å²) in [5.41, 5.74) is 11.2. The van der Waals surface area contributed by atoms with E-state index in [0.29, 0.717) is 73.9 Å². The van der Waals surface area contributed by atoms with Crippen molar-refractivity contribution in [2.24, 2.45) is 12.5 Å². The number of carbonyl (C=O) groups excluding carboxylic acids is 2. The highest BCUT2D eigenvalue weighted by Gasteiger charge is 2.51. The Hall–Kier alpha value is -5.14. The quantitative estimate of drug-likeness (QED) is 0.209. The number of amides is 2. The molecule has 1 atom stereocenters. The molecule has 7 rings (SSSR count). The Morgan fingerprint density at radius 2 is 1.70 bits per heavy atom. The fourth-order valence-electron chi connectivity index (χ4n) is 7.25. The van der Waals surface area contributed by atoms with Crippen molar-refractivity contribution in [3.63, 3.8) is 0 Å². The molecule has 3 aromatic carbocycles. The van der Waals surface area contributed by atoms with Crippen molar-refractivity contribution in [2.75, 3.05) is 56.2 Å². The Kier molecular flexibility index (Phi) is 8.64. The van der Waals surface area contributed by atoms with Crippen LogP contribution < -0.4 is 10.6 Å². The number of nitrogens with two attached hydrogens (primary N) is 1. The lowest BCUT2D eigenvalue weighted by Gasteiger charge is -2.29. The van der Waals surface area contributed by atoms with Gasteiger partial charge < -0.3 is 15.5 Å². The maximum Gasteiger partial charge on any atom is 0.237 e. The van der Waals surface area contributed by atoms with Gasteiger partial charge in [-0.3, -0.25) is 24.6 Å². The van der Waals surface area contributed by atoms with E-state index in [1.54, 1.807) is 46.2 Å². The van der Waals surface area contributed by atoms with Gasteiger partial charge in [-0.25, -0.2) is 13.4 Å². The molecule has 3 aliphatic rings. The summed E-state index contributed by atoms with van der Waals surface area (Å²) in [7, 11) is -1.51. The number of rotatable bonds is 8. The molecule has 4 aromatic rings. The van der Waals surface area contributed by atoms with Gasteiger partial charge in [0.05, 0.1) is 22.6 Å². The number of hydrogen-bond acceptors (Lipinski definition) is 9. The highest BCUT2D eigenvalue weighted by molar-refractivity contribution is 7.90. The number of likely N-dealkylation sites (tertiary alicyclic amines) is 1. The van der Waals surface area contributed by atoms with Gasteiger partial charge in [0, 0.05) is 67.5 Å². The average molecular weight is 693 g/mol. The molecule has 2 amide bonds. The number of carbonyl (C=O) groups is 2. The summed E-state index contributed by atoms with van der Waals surface area (Å²) in [5, 5.41) is 13.2. The van der Waals surface area contributed by atoms with E-state index in [1.807, 2.05) is 24.1 Å². The van der Waals surface area contributed by atoms with Crippen LogP contribution in [0.25, 0.3) is 17.0 Å². The molecular weight excluding hydrogens is 653 g/mol. The molecule has 50 heavy (non-hydrogen) atoms. The monoisotopic (exact) mass is 692 g/mol. The Balaban J connectivity index is 0.961. The van der Waals surface area contributed by atoms with Gasteiger partial charge in [-0.05, 0) is 67.3 Å². The van der Waals surface area contributed by atoms with Crippen molar-refractivity contribution in [3.05, 3.63) is 95.8 Å². The zero-order chi connectivity index (χ0) is 35.2. The summed E-state index contributed by atoms with van der Waals surface area (Å²) >= 11 is 0. The minimum atomic E-state index is -3.36. The van der Waals surface area contributed by atoms with E-state index in [1.165, 1.54) is 17.7 Å². The second-order valence-corrected chi connectivity index (χ2v) is 15.5. The van der Waals surface area contributed by atoms with Gasteiger partial charge in [0.2, 0.25) is 11.8 Å². The third-order valence-electron chi connectivity index (χ3n) is 10.2. The smallest absolute Gasteiger partial charge is 0.237 e. The minimum absolute atomic E-state index is 0.0302. The van der Waals surface area contributed by atoms with Crippen LogP contribution >= 0.6 is 0 Å². The molecule has 2 saturated heterocycles. The van der Waals surface area contributed by atoms with E-state index in [-0.39, 0.29) is 29.0 Å². The first-order valence-corrected chi connectivity index (χ1v) is 18.6. The number of benzene rings is 3. The normalized spacial score (nSPS) is 19.7. The third-order valence-corrected chi connectivity index (χ3v) is 11.3. The van der Waals surface area contributed by atoms with Gasteiger partial charge in [-0.15, -0.1) is 0 Å². The maximum atomic E-state index is 14.0. The van der Waals surface area contributed by atoms with E-state index in [0.717, 1.165) is 23.8 Å². The van der Waals surface area contributed by atoms with E-state index in [4.69, 9.17) is 11.1 Å². The fourth-order valence-corrected chi connectivity index (χ4v) is 7.88. The van der Waals surface area contributed by atoms with Crippen LogP contribution in [0.15, 0.2) is 84.0 Å². The summed E-state index contributed by atoms with van der Waals surface area (Å²) < 4.78 is 25.4. The van der Waals surface area contributed by atoms with E-state index in [2.05, 4.69) is 33.2 Å². The predicted octanol–water partition coefficient (Wildman–Crippen LogP) is 3.63. The Bertz CT molecular complexity index is 2120. The average Bonchev–Trinajstić information content (AvgIpc) is 3.83. The SMILES string of the molecule is Cn1cnc(-c2ccc(C3=CCN(C(=O)CN4CC[C@]5(CCN(c6ccc(N)c(C(=N)c7ccc(S(C)(=O)=O)cc7)c6)C5=O)C4)CC3)cc2)n1. The van der Waals surface area contributed by atoms with Crippen molar-refractivity contribution < 1.29 is 18.0 Å². The van der Waals surface area contributed by atoms with Crippen molar-refractivity contribution in [2.45, 2.75) is 24.2 Å². The molecule has 13 heteroatoms. The number of nitrogen functional groups attached to an aromatic ring is 1. The van der Waals surface area contributed by atoms with Gasteiger partial charge in [0.25, 0.3) is 0 Å². The minimum Gasteiger partial charge on any atom is -0.398 e. The van der Waals surface area contributed by atoms with Gasteiger partial charge in [0.1, 0.15) is 6.33 Å². The first-order valence-electron chi connectivity index (χ1n) is 16.7. The fraction of sp³-hybridized carbons (Fsp3) is 0.324. The molecule has 0 unspecified atom stereocenters. The molecule has 0 saturated carbocycles. The number of sulfone groups is 1. The second kappa shape index (κ2) is 13.0. The van der Waals surface area contributed by atoms with Crippen LogP contribution in [0.2, 0.25) is 0 Å². The first kappa shape index (κ1) is 33.4. The zero-order valence-electron chi connectivity index (χ0n) is 28.2. The van der Waals surface area contributed by atoms with Crippen molar-refractivity contribution in [1.82, 2.24) is 24.6 Å². The highest BCUT2D eigenvalue weighted by Crippen LogP contribution is 2.43. The second-order valence-electron chi connectivity index (χ2n) is 13.5. The topological polar surface area (TPSA) is 159 Å². The molecule has 0 bridgehead atoms. The number of anilines is 2. The number of nitrogens with zero attached hydrogens (tertiary/aromatic N) is 6. The summed E-state index contributed by atoms with van der Waals surface area (Å²) in [6.07, 6.45) is 7.10. The molecule has 0 aliphatic carbocycles. The van der Waals surface area contributed by atoms with Crippen molar-refractivity contribution in [1.29, 1.82) is 5.41 Å². The number of aryl methyl sites for hydroxylation is 1. The summed E-state index contributed by atoms with van der Waals surface area (Å²) in [6, 6.07) is 19.6. The Morgan fingerprint density at radius 3 is 2.36 bits per heavy atom. The van der Waals surface area contributed by atoms with Gasteiger partial charge in [-0.2, -0.15) is 5.10 Å². The third kappa shape index (κ3) is 6.46. The molecule has 12 nitrogen and oxygen atoms in total. The van der Waals surface area contributed by atoms with Crippen LogP contribution in [0, 0.1) is 10.8 Å². The Labute approximate surface area is 291 Å². The van der Waals surface area contributed by atoms with E-state index in [9.17, 15) is 18.0 Å². The Morgan fingerprint density at radius 1 is 0.980 bits per heavy atom. The van der Waals surface area contributed by atoms with E-state index < -0.39 is 15.3 Å². The largest absolute Gasteiger partial charge is 0.398 e. The standard InChI is InChI=1S/C37H40N8O4S/c1-42-24-40-35(41-42)28-5-3-25(4-6-28)26-13-17-44(18-14-26)33(46)22-43-19-15-37(23-43)16-20-45(36(37)47)29-9-12-32(38)31(21-29)34(39)27-7-10-30(11-8-27)50(2,48)49/h3-13,21,24,39H,14-20,22-23,38H2,1-2H3/t37-/m0/s1. The molecule has 258 valence electrons. The van der Waals surface area contributed by atoms with Crippen LogP contribution in [0.4, 0.5) is 11.4 Å². The molecule has 2 fully saturated rings. The molecule has 1 spiro atoms. The van der Waals surface area contributed by atoms with Gasteiger partial charge >= 0.3 is 0 Å². The molecule has 1 aromatic heterocycles. The van der Waals surface area contributed by atoms with Gasteiger partial charge in [-0.1, -0.05) is 42.5 Å². The number of nitrogens with one attached hydrogen (secondary N) is 1. The summed E-state index contributed by atoms with van der Waals surface area (Å²) in [5.74, 6) is 0.795. The predicted molar refractivity (Wildman–Crippen MR) is 192 cm³/mol. The maximum absolute atomic E-state index is 14.0. The summed E-state index contributed by atoms with van der Waals surface area (Å²) in [4.78, 5) is 37.6. The van der Waals surface area contributed by atoms with Crippen molar-refractivity contribution >= 4 is 44.3 Å². The molecule has 0 radical (unpaired) electrons. The first-order chi connectivity index (χ1) is 23.9. The van der Waals surface area contributed by atoms with Crippen LogP contribution in [0.1, 0.15) is 36.0 Å². The molecular formula is C37H40N8O4S. The lowest BCUT2D eigenvalue weighted by Crippen LogP contribution is -2.43. The van der Waals surface area contributed by atoms with Crippen LogP contribution in [-0.4, -0.2) is 96.0 Å².